The van der Waals surface area contributed by atoms with Crippen LogP contribution in [0.1, 0.15) is 31.2 Å². The first-order valence-corrected chi connectivity index (χ1v) is 6.69. The number of rotatable bonds is 2. The highest BCUT2D eigenvalue weighted by Gasteiger charge is 2.04. The minimum Gasteiger partial charge on any atom is -0.342 e. The van der Waals surface area contributed by atoms with E-state index in [-0.39, 0.29) is 0 Å². The fraction of sp³-hybridized carbons (Fsp3) is 0.235. The van der Waals surface area contributed by atoms with Crippen LogP contribution in [0.4, 0.5) is 0 Å². The maximum atomic E-state index is 4.25. The van der Waals surface area contributed by atoms with E-state index >= 15 is 0 Å². The van der Waals surface area contributed by atoms with Crippen LogP contribution >= 0.6 is 0 Å². The summed E-state index contributed by atoms with van der Waals surface area (Å²) in [4.78, 5) is 7.53. The molecule has 0 atom stereocenters. The fourth-order valence-corrected chi connectivity index (χ4v) is 2.36. The summed E-state index contributed by atoms with van der Waals surface area (Å²) >= 11 is 0. The number of hydrogen-bond donors (Lipinski definition) is 1. The molecule has 0 saturated heterocycles. The predicted molar refractivity (Wildman–Crippen MR) is 80.4 cm³/mol. The third-order valence-electron chi connectivity index (χ3n) is 3.54. The predicted octanol–water partition coefficient (Wildman–Crippen LogP) is 4.66. The van der Waals surface area contributed by atoms with E-state index in [1.165, 1.54) is 21.9 Å². The van der Waals surface area contributed by atoms with Crippen LogP contribution in [0.5, 0.6) is 0 Å². The summed E-state index contributed by atoms with van der Waals surface area (Å²) in [6.45, 7) is 6.42. The Bertz CT molecular complexity index is 723. The molecule has 2 nitrogen and oxygen atoms in total. The molecule has 0 amide bonds. The number of imidazole rings is 1. The molecule has 0 unspecified atom stereocenters. The lowest BCUT2D eigenvalue weighted by Crippen LogP contribution is -1.87. The number of aromatic nitrogens is 2. The van der Waals surface area contributed by atoms with Crippen molar-refractivity contribution in [1.29, 1.82) is 0 Å². The number of nitrogens with zero attached hydrogens (tertiary/aromatic N) is 1. The van der Waals surface area contributed by atoms with Gasteiger partial charge < -0.3 is 4.98 Å². The highest BCUT2D eigenvalue weighted by molar-refractivity contribution is 5.87. The minimum absolute atomic E-state index is 0.569. The van der Waals surface area contributed by atoms with Crippen molar-refractivity contribution in [3.63, 3.8) is 0 Å². The van der Waals surface area contributed by atoms with Crippen molar-refractivity contribution < 1.29 is 0 Å². The molecule has 19 heavy (non-hydrogen) atoms. The third-order valence-corrected chi connectivity index (χ3v) is 3.54. The number of aryl methyl sites for hydroxylation is 1. The summed E-state index contributed by atoms with van der Waals surface area (Å²) in [7, 11) is 0. The highest BCUT2D eigenvalue weighted by Crippen LogP contribution is 2.26. The first-order valence-electron chi connectivity index (χ1n) is 6.69. The quantitative estimate of drug-likeness (QED) is 0.704. The van der Waals surface area contributed by atoms with Gasteiger partial charge in [0.05, 0.1) is 11.9 Å². The van der Waals surface area contributed by atoms with Crippen molar-refractivity contribution >= 4 is 10.8 Å². The van der Waals surface area contributed by atoms with Crippen LogP contribution in [0.3, 0.4) is 0 Å². The van der Waals surface area contributed by atoms with Gasteiger partial charge in [-0.3, -0.25) is 0 Å². The number of H-pyrrole nitrogens is 1. The van der Waals surface area contributed by atoms with Gasteiger partial charge >= 0.3 is 0 Å². The van der Waals surface area contributed by atoms with Crippen molar-refractivity contribution in [3.05, 3.63) is 54.0 Å². The highest BCUT2D eigenvalue weighted by atomic mass is 14.9. The molecule has 1 aromatic heterocycles. The fourth-order valence-electron chi connectivity index (χ4n) is 2.36. The molecule has 2 heteroatoms. The summed E-state index contributed by atoms with van der Waals surface area (Å²) < 4.78 is 0. The second kappa shape index (κ2) is 4.54. The molecule has 96 valence electrons. The lowest BCUT2D eigenvalue weighted by Gasteiger charge is -2.08. The van der Waals surface area contributed by atoms with Crippen molar-refractivity contribution in [2.45, 2.75) is 26.7 Å². The maximum Gasteiger partial charge on any atom is 0.103 e. The van der Waals surface area contributed by atoms with Crippen molar-refractivity contribution in [3.8, 4) is 11.3 Å². The van der Waals surface area contributed by atoms with Crippen LogP contribution < -0.4 is 0 Å². The van der Waals surface area contributed by atoms with Crippen LogP contribution in [0.2, 0.25) is 0 Å². The van der Waals surface area contributed by atoms with E-state index < -0.39 is 0 Å². The van der Waals surface area contributed by atoms with Gasteiger partial charge in [-0.15, -0.1) is 0 Å². The molecule has 0 spiro atoms. The Morgan fingerprint density at radius 2 is 1.74 bits per heavy atom. The van der Waals surface area contributed by atoms with Gasteiger partial charge in [-0.1, -0.05) is 44.2 Å². The first-order chi connectivity index (χ1) is 9.13. The number of fused-ring (bicyclic) bond motifs is 1. The molecule has 0 aliphatic rings. The molecule has 0 bridgehead atoms. The second-order valence-electron chi connectivity index (χ2n) is 5.36. The van der Waals surface area contributed by atoms with Gasteiger partial charge in [0.2, 0.25) is 0 Å². The minimum atomic E-state index is 0.569. The third kappa shape index (κ3) is 2.26. The smallest absolute Gasteiger partial charge is 0.103 e. The van der Waals surface area contributed by atoms with E-state index in [4.69, 9.17) is 0 Å². The van der Waals surface area contributed by atoms with Crippen LogP contribution in [-0.2, 0) is 0 Å². The van der Waals surface area contributed by atoms with E-state index in [1.807, 2.05) is 13.1 Å². The lowest BCUT2D eigenvalue weighted by molar-refractivity contribution is 0.869. The molecule has 1 N–H and O–H groups in total. The summed E-state index contributed by atoms with van der Waals surface area (Å²) in [5.41, 5.74) is 3.65. The molecule has 0 aliphatic carbocycles. The Morgan fingerprint density at radius 3 is 2.42 bits per heavy atom. The molecule has 0 aliphatic heterocycles. The monoisotopic (exact) mass is 250 g/mol. The SMILES string of the molecule is Cc1ncc(-c2ccc3cc(C(C)C)ccc3c2)[nH]1. The second-order valence-corrected chi connectivity index (χ2v) is 5.36. The number of nitrogens with one attached hydrogen (secondary N) is 1. The summed E-state index contributed by atoms with van der Waals surface area (Å²) in [6, 6.07) is 13.3. The molecule has 3 aromatic rings. The van der Waals surface area contributed by atoms with Gasteiger partial charge in [0.25, 0.3) is 0 Å². The van der Waals surface area contributed by atoms with Gasteiger partial charge in [-0.25, -0.2) is 4.98 Å². The summed E-state index contributed by atoms with van der Waals surface area (Å²) in [5, 5.41) is 2.57. The number of hydrogen-bond acceptors (Lipinski definition) is 1. The van der Waals surface area contributed by atoms with E-state index in [0.717, 1.165) is 11.5 Å². The van der Waals surface area contributed by atoms with E-state index in [9.17, 15) is 0 Å². The van der Waals surface area contributed by atoms with Crippen molar-refractivity contribution in [1.82, 2.24) is 9.97 Å². The zero-order valence-corrected chi connectivity index (χ0v) is 11.6. The largest absolute Gasteiger partial charge is 0.342 e. The molecule has 0 radical (unpaired) electrons. The number of benzene rings is 2. The van der Waals surface area contributed by atoms with E-state index in [0.29, 0.717) is 5.92 Å². The average Bonchev–Trinajstić information content (AvgIpc) is 2.84. The van der Waals surface area contributed by atoms with Gasteiger partial charge in [0.15, 0.2) is 0 Å². The van der Waals surface area contributed by atoms with Gasteiger partial charge in [0, 0.05) is 5.56 Å². The molecule has 0 saturated carbocycles. The molecule has 1 heterocycles. The molecular weight excluding hydrogens is 232 g/mol. The summed E-state index contributed by atoms with van der Waals surface area (Å²) in [6.07, 6.45) is 1.89. The Hall–Kier alpha value is -2.09. The van der Waals surface area contributed by atoms with Crippen molar-refractivity contribution in [2.75, 3.05) is 0 Å². The average molecular weight is 250 g/mol. The molecule has 0 fully saturated rings. The van der Waals surface area contributed by atoms with Gasteiger partial charge in [0.1, 0.15) is 5.82 Å². The van der Waals surface area contributed by atoms with Crippen LogP contribution in [0.25, 0.3) is 22.0 Å². The van der Waals surface area contributed by atoms with Crippen LogP contribution in [-0.4, -0.2) is 9.97 Å². The summed E-state index contributed by atoms with van der Waals surface area (Å²) in [5.74, 6) is 1.52. The Morgan fingerprint density at radius 1 is 1.00 bits per heavy atom. The van der Waals surface area contributed by atoms with E-state index in [1.54, 1.807) is 0 Å². The zero-order valence-electron chi connectivity index (χ0n) is 11.6. The zero-order chi connectivity index (χ0) is 13.4. The Labute approximate surface area is 113 Å². The molecule has 2 aromatic carbocycles. The maximum absolute atomic E-state index is 4.25. The van der Waals surface area contributed by atoms with Crippen LogP contribution in [0.15, 0.2) is 42.6 Å². The topological polar surface area (TPSA) is 28.7 Å². The van der Waals surface area contributed by atoms with Crippen LogP contribution in [0, 0.1) is 6.92 Å². The standard InChI is InChI=1S/C17H18N2/c1-11(2)13-4-5-15-9-16(7-6-14(15)8-13)17-10-18-12(3)19-17/h4-11H,1-3H3,(H,18,19). The Kier molecular flexibility index (Phi) is 2.86. The first kappa shape index (κ1) is 12.0. The van der Waals surface area contributed by atoms with Gasteiger partial charge in [-0.2, -0.15) is 0 Å². The molecular formula is C17H18N2. The van der Waals surface area contributed by atoms with E-state index in [2.05, 4.69) is 60.2 Å². The van der Waals surface area contributed by atoms with Crippen molar-refractivity contribution in [2.24, 2.45) is 0 Å². The lowest BCUT2D eigenvalue weighted by atomic mass is 9.98. The van der Waals surface area contributed by atoms with Gasteiger partial charge in [-0.05, 0) is 35.2 Å². The number of aromatic amines is 1. The molecule has 3 rings (SSSR count). The Balaban J connectivity index is 2.09. The normalized spacial score (nSPS) is 11.4.